The number of halogens is 1. The first-order chi connectivity index (χ1) is 27.5. The normalized spacial score (nSPS) is 26.4. The van der Waals surface area contributed by atoms with Gasteiger partial charge in [-0.25, -0.2) is 26.1 Å². The SMILES string of the molecule is [C-]#[N+]COc1ccc2c(O[C@H]3C[C@@H](C(=O)NC4(C(=O)O)C[C@H]4CC)N(C(=O)[C@H](NC(=O)OC4C[C@@H]5C[C@@H]5C4)C(C)(C)C)C3)cc(-c3csc(NC(C)C)n3)nc2c1Cl. The third-order valence-corrected chi connectivity index (χ3v) is 12.8. The lowest BCUT2D eigenvalue weighted by Crippen LogP contribution is -2.59. The standard InChI is InChI=1S/C41H50ClN7O8S/c1-8-23-16-41(23,37(52)53)48-35(50)29-14-25(17-49(29)36(51)34(40(4,5)6)47-39(54)57-24-12-21-11-22(21)13-24)56-31-15-27(28-18-58-38(46-28)44-20(2)3)45-33-26(31)9-10-30(32(33)42)55-19-43-7/h9-10,15,18,20-25,29,34H,8,11-14,16-17,19H2,1-6H3,(H,44,46)(H,47,54)(H,48,50)(H,52,53)/t21-,22+,23-,24?,25+,29+,34+,41?/m1/s1. The number of benzene rings is 1. The summed E-state index contributed by atoms with van der Waals surface area (Å²) in [4.78, 5) is 68.9. The van der Waals surface area contributed by atoms with Gasteiger partial charge in [0, 0.05) is 29.3 Å². The van der Waals surface area contributed by atoms with Crippen molar-refractivity contribution in [2.75, 3.05) is 18.6 Å². The van der Waals surface area contributed by atoms with Crippen LogP contribution in [0, 0.1) is 29.7 Å². The Labute approximate surface area is 346 Å². The summed E-state index contributed by atoms with van der Waals surface area (Å²) in [5.74, 6) is -0.706. The smallest absolute Gasteiger partial charge is 0.408 e. The number of nitrogens with one attached hydrogen (secondary N) is 3. The Kier molecular flexibility index (Phi) is 11.4. The van der Waals surface area contributed by atoms with Crippen molar-refractivity contribution in [3.63, 3.8) is 0 Å². The van der Waals surface area contributed by atoms with E-state index in [1.165, 1.54) is 22.7 Å². The van der Waals surface area contributed by atoms with Gasteiger partial charge in [0.25, 0.3) is 0 Å². The molecule has 3 aliphatic carbocycles. The van der Waals surface area contributed by atoms with Gasteiger partial charge in [0.2, 0.25) is 11.8 Å². The summed E-state index contributed by atoms with van der Waals surface area (Å²) < 4.78 is 18.1. The predicted octanol–water partition coefficient (Wildman–Crippen LogP) is 6.74. The Morgan fingerprint density at radius 3 is 2.47 bits per heavy atom. The fourth-order valence-corrected chi connectivity index (χ4v) is 9.49. The van der Waals surface area contributed by atoms with Gasteiger partial charge in [-0.1, -0.05) is 45.7 Å². The van der Waals surface area contributed by atoms with E-state index < -0.39 is 53.0 Å². The summed E-state index contributed by atoms with van der Waals surface area (Å²) in [7, 11) is 0. The quantitative estimate of drug-likeness (QED) is 0.126. The van der Waals surface area contributed by atoms with E-state index in [2.05, 4.69) is 20.8 Å². The number of hydrogen-bond acceptors (Lipinski definition) is 11. The topological polar surface area (TPSA) is 186 Å². The van der Waals surface area contributed by atoms with Crippen LogP contribution in [0.1, 0.15) is 80.1 Å². The number of carbonyl (C=O) groups is 4. The van der Waals surface area contributed by atoms with Crippen molar-refractivity contribution in [2.45, 2.75) is 116 Å². The number of pyridine rings is 1. The molecule has 0 spiro atoms. The number of aromatic nitrogens is 2. The van der Waals surface area contributed by atoms with Crippen LogP contribution in [0.25, 0.3) is 27.1 Å². The summed E-state index contributed by atoms with van der Waals surface area (Å²) >= 11 is 8.26. The van der Waals surface area contributed by atoms with Gasteiger partial charge in [-0.15, -0.1) is 11.3 Å². The number of alkyl carbamates (subject to hydrolysis) is 1. The molecule has 4 N–H and O–H groups in total. The molecule has 3 aromatic rings. The number of anilines is 1. The minimum Gasteiger partial charge on any atom is -0.488 e. The molecule has 310 valence electrons. The highest BCUT2D eigenvalue weighted by Gasteiger charge is 2.61. The second kappa shape index (κ2) is 16.1. The fourth-order valence-electron chi connectivity index (χ4n) is 8.38. The maximum atomic E-state index is 14.7. The highest BCUT2D eigenvalue weighted by Crippen LogP contribution is 2.52. The summed E-state index contributed by atoms with van der Waals surface area (Å²) in [6, 6.07) is 3.01. The fraction of sp³-hybridized carbons (Fsp3) is 0.585. The molecule has 2 aromatic heterocycles. The number of fused-ring (bicyclic) bond motifs is 2. The van der Waals surface area contributed by atoms with E-state index in [-0.39, 0.29) is 55.0 Å². The molecular formula is C41H50ClN7O8S. The number of amides is 3. The van der Waals surface area contributed by atoms with Crippen LogP contribution in [-0.4, -0.2) is 93.0 Å². The largest absolute Gasteiger partial charge is 0.488 e. The first kappa shape index (κ1) is 41.3. The monoisotopic (exact) mass is 835 g/mol. The number of rotatable bonds is 14. The molecule has 0 radical (unpaired) electrons. The molecule has 0 bridgehead atoms. The summed E-state index contributed by atoms with van der Waals surface area (Å²) in [6.07, 6.45) is 2.00. The number of aliphatic carboxylic acids is 1. The second-order valence-electron chi connectivity index (χ2n) is 17.3. The molecule has 4 fully saturated rings. The number of carbonyl (C=O) groups excluding carboxylic acids is 3. The molecule has 3 heterocycles. The van der Waals surface area contributed by atoms with Crippen LogP contribution in [0.5, 0.6) is 11.5 Å². The molecule has 8 atom stereocenters. The van der Waals surface area contributed by atoms with E-state index >= 15 is 0 Å². The molecular weight excluding hydrogens is 786 g/mol. The number of nitrogens with zero attached hydrogens (tertiary/aromatic N) is 4. The molecule has 4 aliphatic rings. The van der Waals surface area contributed by atoms with Crippen molar-refractivity contribution in [1.82, 2.24) is 25.5 Å². The maximum absolute atomic E-state index is 14.7. The van der Waals surface area contributed by atoms with E-state index in [0.29, 0.717) is 51.4 Å². The molecule has 3 saturated carbocycles. The zero-order chi connectivity index (χ0) is 41.7. The van der Waals surface area contributed by atoms with E-state index in [1.807, 2.05) is 46.9 Å². The van der Waals surface area contributed by atoms with Crippen molar-refractivity contribution in [3.05, 3.63) is 40.0 Å². The van der Waals surface area contributed by atoms with Gasteiger partial charge in [-0.3, -0.25) is 14.4 Å². The third kappa shape index (κ3) is 8.47. The van der Waals surface area contributed by atoms with Crippen LogP contribution in [0.2, 0.25) is 5.02 Å². The van der Waals surface area contributed by atoms with E-state index in [0.717, 1.165) is 12.8 Å². The zero-order valence-electron chi connectivity index (χ0n) is 33.5. The molecule has 1 saturated heterocycles. The number of thiazole rings is 1. The Hall–Kier alpha value is -4.88. The van der Waals surface area contributed by atoms with Crippen molar-refractivity contribution >= 4 is 62.8 Å². The number of likely N-dealkylation sites (tertiary alicyclic amines) is 1. The lowest BCUT2D eigenvalue weighted by Gasteiger charge is -2.35. The second-order valence-corrected chi connectivity index (χ2v) is 18.5. The number of carboxylic acid groups (broad SMARTS) is 1. The van der Waals surface area contributed by atoms with Crippen molar-refractivity contribution in [1.29, 1.82) is 0 Å². The lowest BCUT2D eigenvalue weighted by atomic mass is 9.85. The molecule has 1 aliphatic heterocycles. The Morgan fingerprint density at radius 1 is 1.09 bits per heavy atom. The van der Waals surface area contributed by atoms with Crippen molar-refractivity contribution in [3.8, 4) is 22.9 Å². The molecule has 3 amide bonds. The van der Waals surface area contributed by atoms with Gasteiger partial charge in [0.1, 0.15) is 52.0 Å². The predicted molar refractivity (Wildman–Crippen MR) is 218 cm³/mol. The number of ether oxygens (including phenoxy) is 3. The van der Waals surface area contributed by atoms with Gasteiger partial charge in [0.15, 0.2) is 5.13 Å². The van der Waals surface area contributed by atoms with Gasteiger partial charge in [-0.2, -0.15) is 0 Å². The van der Waals surface area contributed by atoms with Crippen LogP contribution in [0.4, 0.5) is 9.93 Å². The summed E-state index contributed by atoms with van der Waals surface area (Å²) in [6.45, 7) is 18.2. The molecule has 1 aromatic carbocycles. The first-order valence-corrected chi connectivity index (χ1v) is 21.1. The zero-order valence-corrected chi connectivity index (χ0v) is 35.0. The van der Waals surface area contributed by atoms with Gasteiger partial charge in [0.05, 0.1) is 17.8 Å². The van der Waals surface area contributed by atoms with Crippen molar-refractivity contribution in [2.24, 2.45) is 23.2 Å². The molecule has 15 nitrogen and oxygen atoms in total. The van der Waals surface area contributed by atoms with E-state index in [9.17, 15) is 24.3 Å². The van der Waals surface area contributed by atoms with Gasteiger partial charge < -0.3 is 40.2 Å². The summed E-state index contributed by atoms with van der Waals surface area (Å²) in [5, 5.41) is 22.3. The van der Waals surface area contributed by atoms with Gasteiger partial charge >= 0.3 is 18.8 Å². The summed E-state index contributed by atoms with van der Waals surface area (Å²) in [5.41, 5.74) is -0.891. The molecule has 58 heavy (non-hydrogen) atoms. The Morgan fingerprint density at radius 2 is 1.83 bits per heavy atom. The van der Waals surface area contributed by atoms with Crippen LogP contribution >= 0.6 is 22.9 Å². The highest BCUT2D eigenvalue weighted by atomic mass is 35.5. The van der Waals surface area contributed by atoms with E-state index in [4.69, 9.17) is 42.4 Å². The highest BCUT2D eigenvalue weighted by molar-refractivity contribution is 7.14. The minimum absolute atomic E-state index is 0.0223. The van der Waals surface area contributed by atoms with E-state index in [1.54, 1.807) is 18.2 Å². The van der Waals surface area contributed by atoms with Crippen molar-refractivity contribution < 1.29 is 38.5 Å². The number of carboxylic acids is 1. The average molecular weight is 836 g/mol. The van der Waals surface area contributed by atoms with Crippen LogP contribution < -0.4 is 25.4 Å². The molecule has 17 heteroatoms. The van der Waals surface area contributed by atoms with Crippen LogP contribution in [-0.2, 0) is 19.1 Å². The maximum Gasteiger partial charge on any atom is 0.408 e. The molecule has 7 rings (SSSR count). The third-order valence-electron chi connectivity index (χ3n) is 11.6. The molecule has 2 unspecified atom stereocenters. The lowest BCUT2D eigenvalue weighted by molar-refractivity contribution is -0.146. The van der Waals surface area contributed by atoms with Crippen LogP contribution in [0.3, 0.4) is 0 Å². The number of hydrogen-bond donors (Lipinski definition) is 4. The average Bonchev–Trinajstić information content (AvgIpc) is 3.83. The van der Waals surface area contributed by atoms with Gasteiger partial charge in [-0.05, 0) is 74.8 Å². The Balaban J connectivity index is 1.21. The van der Waals surface area contributed by atoms with Crippen LogP contribution in [0.15, 0.2) is 23.6 Å². The minimum atomic E-state index is -1.43. The first-order valence-electron chi connectivity index (χ1n) is 19.8. The Bertz CT molecular complexity index is 2140.